The molecule has 0 saturated heterocycles. The maximum atomic E-state index is 13.5. The van der Waals surface area contributed by atoms with Crippen LogP contribution in [0, 0.1) is 17.5 Å². The van der Waals surface area contributed by atoms with E-state index in [9.17, 15) is 18.0 Å². The maximum Gasteiger partial charge on any atom is 0.235 e. The van der Waals surface area contributed by atoms with Crippen molar-refractivity contribution in [2.24, 2.45) is 4.99 Å². The van der Waals surface area contributed by atoms with Crippen molar-refractivity contribution in [1.82, 2.24) is 0 Å². The van der Waals surface area contributed by atoms with Gasteiger partial charge in [0.05, 0.1) is 19.8 Å². The van der Waals surface area contributed by atoms with Crippen LogP contribution in [0.1, 0.15) is 16.7 Å². The van der Waals surface area contributed by atoms with Gasteiger partial charge >= 0.3 is 0 Å². The van der Waals surface area contributed by atoms with Crippen molar-refractivity contribution >= 4 is 18.7 Å². The largest absolute Gasteiger partial charge is 0.372 e. The zero-order valence-corrected chi connectivity index (χ0v) is 12.7. The molecule has 0 saturated carbocycles. The standard InChI is InChI=1S/C16H12F3NO2S/c17-14-5-16(19)15(18)4-12(14)8-22-7-11-3-13(23)2-1-10(11)6-20-9-21/h1-5,23H,6-8H2. The molecule has 0 aromatic heterocycles. The summed E-state index contributed by atoms with van der Waals surface area (Å²) in [5.74, 6) is -3.26. The summed E-state index contributed by atoms with van der Waals surface area (Å²) in [7, 11) is 0. The summed E-state index contributed by atoms with van der Waals surface area (Å²) in [4.78, 5) is 14.4. The third-order valence-corrected chi connectivity index (χ3v) is 3.39. The third-order valence-electron chi connectivity index (χ3n) is 3.11. The van der Waals surface area contributed by atoms with Crippen LogP contribution in [-0.2, 0) is 29.3 Å². The van der Waals surface area contributed by atoms with Crippen molar-refractivity contribution in [2.45, 2.75) is 24.7 Å². The number of rotatable bonds is 6. The lowest BCUT2D eigenvalue weighted by molar-refractivity contribution is 0.104. The van der Waals surface area contributed by atoms with Gasteiger partial charge < -0.3 is 4.74 Å². The Bertz CT molecular complexity index is 761. The summed E-state index contributed by atoms with van der Waals surface area (Å²) in [5.41, 5.74) is 1.36. The van der Waals surface area contributed by atoms with Crippen molar-refractivity contribution in [3.05, 3.63) is 64.5 Å². The molecule has 3 nitrogen and oxygen atoms in total. The quantitative estimate of drug-likeness (QED) is 0.375. The summed E-state index contributed by atoms with van der Waals surface area (Å²) < 4.78 is 44.8. The maximum absolute atomic E-state index is 13.5. The fourth-order valence-corrected chi connectivity index (χ4v) is 2.19. The van der Waals surface area contributed by atoms with Gasteiger partial charge in [-0.15, -0.1) is 12.6 Å². The van der Waals surface area contributed by atoms with Crippen molar-refractivity contribution < 1.29 is 22.7 Å². The molecular weight excluding hydrogens is 327 g/mol. The number of carbonyl (C=O) groups excluding carboxylic acids is 1. The van der Waals surface area contributed by atoms with Gasteiger partial charge in [-0.1, -0.05) is 6.07 Å². The van der Waals surface area contributed by atoms with E-state index in [-0.39, 0.29) is 25.3 Å². The lowest BCUT2D eigenvalue weighted by Gasteiger charge is -2.10. The molecule has 0 aliphatic heterocycles. The Labute approximate surface area is 136 Å². The molecule has 0 aliphatic rings. The number of ether oxygens (including phenoxy) is 1. The van der Waals surface area contributed by atoms with Crippen molar-refractivity contribution in [3.8, 4) is 0 Å². The second-order valence-electron chi connectivity index (χ2n) is 4.71. The van der Waals surface area contributed by atoms with E-state index in [2.05, 4.69) is 17.6 Å². The molecule has 0 heterocycles. The molecule has 120 valence electrons. The van der Waals surface area contributed by atoms with Crippen LogP contribution in [0.25, 0.3) is 0 Å². The van der Waals surface area contributed by atoms with Gasteiger partial charge in [0.15, 0.2) is 11.6 Å². The van der Waals surface area contributed by atoms with Crippen molar-refractivity contribution in [2.75, 3.05) is 0 Å². The molecule has 23 heavy (non-hydrogen) atoms. The van der Waals surface area contributed by atoms with E-state index in [0.29, 0.717) is 16.5 Å². The van der Waals surface area contributed by atoms with E-state index in [1.807, 2.05) is 0 Å². The summed E-state index contributed by atoms with van der Waals surface area (Å²) in [5, 5.41) is 0. The molecule has 0 N–H and O–H groups in total. The van der Waals surface area contributed by atoms with Gasteiger partial charge in [0.1, 0.15) is 5.82 Å². The minimum absolute atomic E-state index is 0.0799. The number of hydrogen-bond acceptors (Lipinski definition) is 4. The topological polar surface area (TPSA) is 38.7 Å². The molecular formula is C16H12F3NO2S. The zero-order valence-electron chi connectivity index (χ0n) is 11.9. The Morgan fingerprint density at radius 3 is 2.39 bits per heavy atom. The van der Waals surface area contributed by atoms with E-state index in [4.69, 9.17) is 4.74 Å². The highest BCUT2D eigenvalue weighted by atomic mass is 32.1. The highest BCUT2D eigenvalue weighted by molar-refractivity contribution is 7.80. The number of nitrogens with zero attached hydrogens (tertiary/aromatic N) is 1. The van der Waals surface area contributed by atoms with Crippen LogP contribution in [0.4, 0.5) is 13.2 Å². The minimum Gasteiger partial charge on any atom is -0.372 e. The Morgan fingerprint density at radius 1 is 0.957 bits per heavy atom. The highest BCUT2D eigenvalue weighted by Crippen LogP contribution is 2.19. The smallest absolute Gasteiger partial charge is 0.235 e. The number of aliphatic imine (C=N–C) groups is 1. The normalized spacial score (nSPS) is 10.4. The average molecular weight is 339 g/mol. The Morgan fingerprint density at radius 2 is 1.65 bits per heavy atom. The van der Waals surface area contributed by atoms with Gasteiger partial charge in [-0.25, -0.2) is 23.0 Å². The van der Waals surface area contributed by atoms with Crippen LogP contribution >= 0.6 is 12.6 Å². The lowest BCUT2D eigenvalue weighted by Crippen LogP contribution is -2.01. The third kappa shape index (κ3) is 4.69. The monoisotopic (exact) mass is 339 g/mol. The molecule has 0 aliphatic carbocycles. The Kier molecular flexibility index (Phi) is 5.98. The molecule has 0 unspecified atom stereocenters. The highest BCUT2D eigenvalue weighted by Gasteiger charge is 2.10. The lowest BCUT2D eigenvalue weighted by atomic mass is 10.1. The van der Waals surface area contributed by atoms with Crippen molar-refractivity contribution in [3.63, 3.8) is 0 Å². The molecule has 0 amide bonds. The van der Waals surface area contributed by atoms with Crippen LogP contribution < -0.4 is 0 Å². The van der Waals surface area contributed by atoms with Gasteiger partial charge in [0.25, 0.3) is 0 Å². The van der Waals surface area contributed by atoms with Crippen LogP contribution in [0.2, 0.25) is 0 Å². The van der Waals surface area contributed by atoms with E-state index >= 15 is 0 Å². The van der Waals surface area contributed by atoms with Gasteiger partial charge in [0, 0.05) is 16.5 Å². The van der Waals surface area contributed by atoms with E-state index < -0.39 is 17.5 Å². The molecule has 0 spiro atoms. The number of benzene rings is 2. The van der Waals surface area contributed by atoms with E-state index in [0.717, 1.165) is 11.6 Å². The molecule has 2 aromatic rings. The first-order valence-electron chi connectivity index (χ1n) is 6.57. The predicted molar refractivity (Wildman–Crippen MR) is 80.3 cm³/mol. The van der Waals surface area contributed by atoms with Gasteiger partial charge in [-0.2, -0.15) is 0 Å². The average Bonchev–Trinajstić information content (AvgIpc) is 2.51. The first-order valence-corrected chi connectivity index (χ1v) is 7.01. The molecule has 2 aromatic carbocycles. The SMILES string of the molecule is O=C=NCc1ccc(S)cc1COCc1cc(F)c(F)cc1F. The Balaban J connectivity index is 2.08. The first-order chi connectivity index (χ1) is 11.0. The summed E-state index contributed by atoms with van der Waals surface area (Å²) in [6, 6.07) is 6.43. The zero-order chi connectivity index (χ0) is 16.8. The first kappa shape index (κ1) is 17.3. The van der Waals surface area contributed by atoms with Crippen LogP contribution in [0.3, 0.4) is 0 Å². The fourth-order valence-electron chi connectivity index (χ4n) is 1.96. The summed E-state index contributed by atoms with van der Waals surface area (Å²) in [6.07, 6.45) is 1.45. The molecule has 2 rings (SSSR count). The second-order valence-corrected chi connectivity index (χ2v) is 5.23. The van der Waals surface area contributed by atoms with Crippen LogP contribution in [0.15, 0.2) is 40.2 Å². The number of halogens is 3. The molecule has 0 fully saturated rings. The Hall–Kier alpha value is -2.08. The van der Waals surface area contributed by atoms with Crippen LogP contribution in [-0.4, -0.2) is 6.08 Å². The van der Waals surface area contributed by atoms with Gasteiger partial charge in [-0.05, 0) is 29.3 Å². The fraction of sp³-hybridized carbons (Fsp3) is 0.188. The minimum atomic E-state index is -1.25. The summed E-state index contributed by atoms with van der Waals surface area (Å²) >= 11 is 4.21. The summed E-state index contributed by atoms with van der Waals surface area (Å²) in [6.45, 7) is -0.0114. The number of thiol groups is 1. The van der Waals surface area contributed by atoms with Crippen molar-refractivity contribution in [1.29, 1.82) is 0 Å². The number of hydrogen-bond donors (Lipinski definition) is 1. The molecule has 0 bridgehead atoms. The number of isocyanates is 1. The van der Waals surface area contributed by atoms with E-state index in [1.54, 1.807) is 18.2 Å². The molecule has 7 heteroatoms. The van der Waals surface area contributed by atoms with E-state index in [1.165, 1.54) is 6.08 Å². The molecule has 0 radical (unpaired) electrons. The molecule has 0 atom stereocenters. The second kappa shape index (κ2) is 7.97. The van der Waals surface area contributed by atoms with Crippen LogP contribution in [0.5, 0.6) is 0 Å². The predicted octanol–water partition coefficient (Wildman–Crippen LogP) is 3.95. The van der Waals surface area contributed by atoms with Gasteiger partial charge in [0.2, 0.25) is 6.08 Å². The van der Waals surface area contributed by atoms with Gasteiger partial charge in [-0.3, -0.25) is 0 Å².